The topological polar surface area (TPSA) is 342 Å². The van der Waals surface area contributed by atoms with Gasteiger partial charge < -0.3 is 33.9 Å². The minimum Gasteiger partial charge on any atom is -0.481 e. The third-order valence-electron chi connectivity index (χ3n) is 22.2. The van der Waals surface area contributed by atoms with E-state index in [0.717, 1.165) is 91.0 Å². The van der Waals surface area contributed by atoms with Crippen LogP contribution in [0, 0.1) is 34.5 Å². The van der Waals surface area contributed by atoms with Gasteiger partial charge in [0.15, 0.2) is 11.6 Å². The molecule has 0 spiro atoms. The number of allylic oxidation sites excluding steroid dienone is 4. The summed E-state index contributed by atoms with van der Waals surface area (Å²) in [6.07, 6.45) is 17.1. The van der Waals surface area contributed by atoms with Gasteiger partial charge in [0.1, 0.15) is 23.4 Å². The number of aromatic nitrogens is 4. The van der Waals surface area contributed by atoms with E-state index in [4.69, 9.17) is 34.1 Å². The Morgan fingerprint density at radius 1 is 0.541 bits per heavy atom. The van der Waals surface area contributed by atoms with Gasteiger partial charge in [-0.15, -0.1) is 0 Å². The van der Waals surface area contributed by atoms with Crippen LogP contribution in [0.25, 0.3) is 22.1 Å². The fourth-order valence-electron chi connectivity index (χ4n) is 15.9. The molecule has 4 aromatic carbocycles. The molecule has 6 heterocycles. The molecule has 3 amide bonds. The van der Waals surface area contributed by atoms with Crippen molar-refractivity contribution in [1.29, 1.82) is 0 Å². The number of para-hydroxylation sites is 4. The zero-order chi connectivity index (χ0) is 79.2. The second-order valence-electron chi connectivity index (χ2n) is 33.5. The molecule has 8 aliphatic rings. The molecular formula is C84H106N8O17S2. The molecule has 596 valence electrons. The van der Waals surface area contributed by atoms with Crippen molar-refractivity contribution in [3.8, 4) is 12.0 Å². The standard InChI is InChI=1S/C42H52N4O8S.C39H47N3O7.C3H7NO2S/c1-41(2,3)54-37(48)22-29-16-10-5-4-6-11-17-30-24-42(30,39(50)44-55(51,52)32-20-21-32)25-36(47)35-23-31(27-45(35)38(29)49)53-40-43-33-18-12-13-19-34(33)46(40)26-28-14-8-7-9-15-28;1-38(2,3)49-34(44)20-27-16-10-5-4-6-11-17-28-22-39(28,36(46)47)23-33(43)32-21-29(25-41(32)35(27)45)48-37-40-30-18-12-13-19-31(30)42(37)24-26-14-8-7-9-15-26;4-7(5,6)3-1-2-3/h7-9,11-15,17-19,29-32,35H,4-6,10,16,20-27H2,1-3H3,(H,44,50);7-9,11-15,17-19,27-29,32H,4-6,10,16,20-25H2,1-3H3,(H,46,47);3H,1-2H2,(H2,4,5,6)/b2*17-11-;/t29-,30-,31-,35+,42-;27-,28-,29-,32+,39-;/m11./s1. The number of nitrogens with two attached hydrogens (primary N) is 1. The Bertz CT molecular complexity index is 4710. The van der Waals surface area contributed by atoms with Crippen LogP contribution < -0.4 is 19.3 Å². The Morgan fingerprint density at radius 3 is 1.35 bits per heavy atom. The smallest absolute Gasteiger partial charge is 0.310 e. The van der Waals surface area contributed by atoms with E-state index in [0.29, 0.717) is 70.1 Å². The second kappa shape index (κ2) is 34.1. The Hall–Kier alpha value is -9.08. The predicted molar refractivity (Wildman–Crippen MR) is 416 cm³/mol. The second-order valence-corrected chi connectivity index (χ2v) is 37.3. The fraction of sp³-hybridized carbons (Fsp3) is 0.548. The zero-order valence-electron chi connectivity index (χ0n) is 64.4. The quantitative estimate of drug-likeness (QED) is 0.0564. The largest absolute Gasteiger partial charge is 0.481 e. The van der Waals surface area contributed by atoms with Crippen LogP contribution in [0.5, 0.6) is 12.0 Å². The number of primary sulfonamides is 1. The molecule has 6 fully saturated rings. The lowest BCUT2D eigenvalue weighted by atomic mass is 9.90. The SMILES string of the molecule is CC(C)(C)OC(=O)C[C@H]1CCCCC/C=C\[C@@H]2C[C@@]2(C(=O)NS(=O)(=O)C2CC2)CC(=O)[C@@H]2C[C@@H](Oc3nc4ccccc4n3Cc3ccccc3)CN2C1=O.CC(C)(C)OC(=O)C[C@H]1CCCCC/C=C\[C@@H]2C[C@@]2(C(=O)O)CC(=O)[C@@H]2C[C@@H](Oc3nc4ccccc4n3Cc3ccccc3)CN2C1=O.NS(=O)(=O)C1CC1. The fourth-order valence-corrected chi connectivity index (χ4v) is 18.1. The maximum atomic E-state index is 14.7. The van der Waals surface area contributed by atoms with Gasteiger partial charge in [-0.1, -0.05) is 135 Å². The van der Waals surface area contributed by atoms with E-state index in [1.54, 1.807) is 46.4 Å². The highest BCUT2D eigenvalue weighted by atomic mass is 32.2. The number of aliphatic carboxylic acids is 1. The zero-order valence-corrected chi connectivity index (χ0v) is 66.0. The van der Waals surface area contributed by atoms with Gasteiger partial charge in [0, 0.05) is 37.5 Å². The highest BCUT2D eigenvalue weighted by Gasteiger charge is 2.63. The summed E-state index contributed by atoms with van der Waals surface area (Å²) in [5.74, 6) is -5.74. The summed E-state index contributed by atoms with van der Waals surface area (Å²) in [6, 6.07) is 34.3. The molecule has 6 aromatic rings. The number of esters is 2. The number of fused-ring (bicyclic) bond motifs is 6. The van der Waals surface area contributed by atoms with Gasteiger partial charge in [-0.05, 0) is 166 Å². The molecule has 0 radical (unpaired) electrons. The number of ether oxygens (including phenoxy) is 4. The van der Waals surface area contributed by atoms with Crippen molar-refractivity contribution in [2.45, 2.75) is 242 Å². The molecule has 2 aromatic heterocycles. The van der Waals surface area contributed by atoms with Crippen molar-refractivity contribution < 1.29 is 79.2 Å². The van der Waals surface area contributed by atoms with E-state index in [2.05, 4.69) is 4.72 Å². The van der Waals surface area contributed by atoms with E-state index in [1.165, 1.54) is 4.90 Å². The molecule has 25 nitrogen and oxygen atoms in total. The number of carboxylic acids is 1. The maximum Gasteiger partial charge on any atom is 0.310 e. The first-order valence-corrected chi connectivity index (χ1v) is 42.5. The molecule has 2 saturated heterocycles. The van der Waals surface area contributed by atoms with Crippen molar-refractivity contribution >= 4 is 89.3 Å². The number of benzene rings is 4. The summed E-state index contributed by atoms with van der Waals surface area (Å²) in [5.41, 5.74) is 1.57. The molecule has 0 bridgehead atoms. The number of amides is 3. The summed E-state index contributed by atoms with van der Waals surface area (Å²) >= 11 is 0. The van der Waals surface area contributed by atoms with Crippen LogP contribution in [0.2, 0.25) is 0 Å². The number of carboxylic acid groups (broad SMARTS) is 1. The van der Waals surface area contributed by atoms with Crippen LogP contribution >= 0.6 is 0 Å². The van der Waals surface area contributed by atoms with Crippen LogP contribution in [0.3, 0.4) is 0 Å². The third-order valence-corrected chi connectivity index (χ3v) is 25.5. The molecule has 14 rings (SSSR count). The Balaban J connectivity index is 0.000000190. The number of nitrogens with one attached hydrogen (secondary N) is 1. The van der Waals surface area contributed by atoms with Crippen molar-refractivity contribution in [1.82, 2.24) is 33.6 Å². The minimum absolute atomic E-state index is 0.0766. The van der Waals surface area contributed by atoms with Crippen molar-refractivity contribution in [2.75, 3.05) is 13.1 Å². The van der Waals surface area contributed by atoms with E-state index >= 15 is 0 Å². The van der Waals surface area contributed by atoms with Crippen molar-refractivity contribution in [2.24, 2.45) is 39.6 Å². The van der Waals surface area contributed by atoms with Gasteiger partial charge in [-0.3, -0.25) is 52.2 Å². The molecule has 4 saturated carbocycles. The molecule has 4 aliphatic heterocycles. The van der Waals surface area contributed by atoms with Gasteiger partial charge in [-0.2, -0.15) is 9.97 Å². The summed E-state index contributed by atoms with van der Waals surface area (Å²) in [6.45, 7) is 11.9. The number of ketones is 2. The van der Waals surface area contributed by atoms with E-state index in [-0.39, 0.29) is 92.1 Å². The van der Waals surface area contributed by atoms with Crippen LogP contribution in [0.1, 0.15) is 194 Å². The maximum absolute atomic E-state index is 14.7. The Morgan fingerprint density at radius 2 is 0.946 bits per heavy atom. The summed E-state index contributed by atoms with van der Waals surface area (Å²) < 4.78 is 76.9. The molecule has 0 unspecified atom stereocenters. The van der Waals surface area contributed by atoms with Crippen LogP contribution in [0.4, 0.5) is 0 Å². The van der Waals surface area contributed by atoms with Gasteiger partial charge in [0.25, 0.3) is 12.0 Å². The molecular weight excluding hydrogens is 1460 g/mol. The summed E-state index contributed by atoms with van der Waals surface area (Å²) in [4.78, 5) is 123. The highest BCUT2D eigenvalue weighted by Crippen LogP contribution is 2.58. The van der Waals surface area contributed by atoms with Crippen molar-refractivity contribution in [3.05, 3.63) is 145 Å². The lowest BCUT2D eigenvalue weighted by Crippen LogP contribution is -2.46. The van der Waals surface area contributed by atoms with Crippen LogP contribution in [-0.4, -0.2) is 157 Å². The lowest BCUT2D eigenvalue weighted by Gasteiger charge is -2.29. The summed E-state index contributed by atoms with van der Waals surface area (Å²) in [5, 5.41) is 14.2. The first-order valence-electron chi connectivity index (χ1n) is 39.3. The van der Waals surface area contributed by atoms with Crippen LogP contribution in [0.15, 0.2) is 133 Å². The number of sulfonamides is 2. The lowest BCUT2D eigenvalue weighted by molar-refractivity contribution is -0.159. The molecule has 10 atom stereocenters. The first kappa shape index (κ1) is 81.4. The molecule has 27 heteroatoms. The van der Waals surface area contributed by atoms with Crippen LogP contribution in [-0.2, 0) is 81.0 Å². The number of hydrogen-bond donors (Lipinski definition) is 3. The Kier molecular flexibility index (Phi) is 25.0. The van der Waals surface area contributed by atoms with Gasteiger partial charge in [0.2, 0.25) is 37.8 Å². The number of imidazole rings is 2. The first-order chi connectivity index (χ1) is 52.8. The van der Waals surface area contributed by atoms with E-state index < -0.39 is 107 Å². The third kappa shape index (κ3) is 20.8. The molecule has 111 heavy (non-hydrogen) atoms. The Labute approximate surface area is 649 Å². The van der Waals surface area contributed by atoms with Crippen molar-refractivity contribution in [3.63, 3.8) is 0 Å². The average Bonchev–Trinajstić information content (AvgIpc) is 1.58. The number of nitrogens with zero attached hydrogens (tertiary/aromatic N) is 6. The van der Waals surface area contributed by atoms with E-state index in [1.807, 2.05) is 143 Å². The normalized spacial score (nSPS) is 26.7. The monoisotopic (exact) mass is 1560 g/mol. The molecule has 4 N–H and O–H groups in total. The van der Waals surface area contributed by atoms with Gasteiger partial charge in [-0.25, -0.2) is 22.0 Å². The predicted octanol–water partition coefficient (Wildman–Crippen LogP) is 11.7. The highest BCUT2D eigenvalue weighted by molar-refractivity contribution is 7.91. The number of carbonyl (C=O) groups excluding carboxylic acids is 7. The van der Waals surface area contributed by atoms with Gasteiger partial charge >= 0.3 is 17.9 Å². The number of Topliss-reactive ketones (excluding diaryl/α,β-unsaturated/α-hetero) is 2. The van der Waals surface area contributed by atoms with E-state index in [9.17, 15) is 60.3 Å². The number of hydrogen-bond acceptors (Lipinski definition) is 18. The summed E-state index contributed by atoms with van der Waals surface area (Å²) in [7, 11) is -6.97. The average molecular weight is 1560 g/mol. The molecule has 4 aliphatic carbocycles. The number of carbonyl (C=O) groups is 8. The minimum atomic E-state index is -3.84. The number of rotatable bonds is 17. The van der Waals surface area contributed by atoms with Gasteiger partial charge in [0.05, 0.1) is 94.5 Å².